The molecule has 0 unspecified atom stereocenters. The molecule has 4 atom stereocenters. The quantitative estimate of drug-likeness (QED) is 0.196. The van der Waals surface area contributed by atoms with Gasteiger partial charge < -0.3 is 19.4 Å². The molecule has 3 aromatic carbocycles. The van der Waals surface area contributed by atoms with E-state index in [-0.39, 0.29) is 30.3 Å². The van der Waals surface area contributed by atoms with Gasteiger partial charge in [0.15, 0.2) is 0 Å². The number of carbonyl (C=O) groups excluding carboxylic acids is 2. The molecule has 5 aromatic rings. The fraction of sp³-hybridized carbons (Fsp3) is 0.450. The molecular formula is C40H46N6O4. The highest BCUT2D eigenvalue weighted by Crippen LogP contribution is 2.50. The van der Waals surface area contributed by atoms with Gasteiger partial charge in [0, 0.05) is 24.3 Å². The zero-order chi connectivity index (χ0) is 34.9. The van der Waals surface area contributed by atoms with Crippen molar-refractivity contribution in [3.63, 3.8) is 0 Å². The van der Waals surface area contributed by atoms with E-state index in [1.165, 1.54) is 0 Å². The smallest absolute Gasteiger partial charge is 0.411 e. The number of nitrogens with one attached hydrogen (secondary N) is 2. The van der Waals surface area contributed by atoms with Crippen LogP contribution >= 0.6 is 0 Å². The zero-order valence-corrected chi connectivity index (χ0v) is 29.7. The fourth-order valence-corrected chi connectivity index (χ4v) is 8.09. The third-order valence-corrected chi connectivity index (χ3v) is 10.2. The standard InChI is InChI=1S/C40H46N6O4/c1-39(2,3)49-37(47)45-17-7-8-33(45)35-41-22-32(44-35)27-12-11-23-18-24(9-10-25(23)19-27)26-14-16-30-31(21-26)43-36(42-30)34-28-13-15-29(20-28)46(34)38(48)50-40(4,5)6/h9-12,14,16,18-19,21-22,28-29,33-34H,7-8,13,15,17,20H2,1-6H3,(H,41,44)(H,42,43)/t28-,29+,33-,34-/m0/s1. The number of amides is 2. The molecule has 0 radical (unpaired) electrons. The Morgan fingerprint density at radius 1 is 0.780 bits per heavy atom. The zero-order valence-electron chi connectivity index (χ0n) is 29.7. The van der Waals surface area contributed by atoms with Crippen molar-refractivity contribution in [2.45, 2.75) is 103 Å². The summed E-state index contributed by atoms with van der Waals surface area (Å²) in [5, 5.41) is 2.25. The van der Waals surface area contributed by atoms with Gasteiger partial charge in [0.1, 0.15) is 22.9 Å². The van der Waals surface area contributed by atoms with Crippen LogP contribution in [0.2, 0.25) is 0 Å². The molecule has 50 heavy (non-hydrogen) atoms. The van der Waals surface area contributed by atoms with Crippen LogP contribution in [0.25, 0.3) is 44.2 Å². The molecule has 2 bridgehead atoms. The Labute approximate surface area is 292 Å². The molecule has 2 N–H and O–H groups in total. The number of carbonyl (C=O) groups is 2. The summed E-state index contributed by atoms with van der Waals surface area (Å²) in [5.74, 6) is 2.02. The maximum absolute atomic E-state index is 13.3. The first-order valence-corrected chi connectivity index (χ1v) is 17.9. The number of ether oxygens (including phenoxy) is 2. The van der Waals surface area contributed by atoms with Crippen LogP contribution in [0.4, 0.5) is 9.59 Å². The third-order valence-electron chi connectivity index (χ3n) is 10.2. The maximum Gasteiger partial charge on any atom is 0.411 e. The van der Waals surface area contributed by atoms with Crippen molar-refractivity contribution in [2.75, 3.05) is 6.54 Å². The lowest BCUT2D eigenvalue weighted by Gasteiger charge is -2.35. The Balaban J connectivity index is 1.02. The average molecular weight is 675 g/mol. The molecule has 0 spiro atoms. The monoisotopic (exact) mass is 674 g/mol. The normalized spacial score (nSPS) is 22.2. The van der Waals surface area contributed by atoms with Crippen molar-refractivity contribution in [1.82, 2.24) is 29.7 Å². The second-order valence-electron chi connectivity index (χ2n) is 16.2. The number of hydrogen-bond donors (Lipinski definition) is 2. The van der Waals surface area contributed by atoms with Gasteiger partial charge in [-0.15, -0.1) is 0 Å². The lowest BCUT2D eigenvalue weighted by Crippen LogP contribution is -2.43. The number of aromatic amines is 2. The molecule has 10 heteroatoms. The Morgan fingerprint density at radius 3 is 2.22 bits per heavy atom. The number of H-pyrrole nitrogens is 2. The summed E-state index contributed by atoms with van der Waals surface area (Å²) in [6, 6.07) is 19.2. The highest BCUT2D eigenvalue weighted by Gasteiger charge is 2.51. The number of rotatable bonds is 4. The van der Waals surface area contributed by atoms with Crippen LogP contribution in [-0.4, -0.2) is 65.7 Å². The Kier molecular flexibility index (Phi) is 7.69. The molecule has 2 aliphatic heterocycles. The number of likely N-dealkylation sites (tertiary alicyclic amines) is 2. The number of imidazole rings is 2. The lowest BCUT2D eigenvalue weighted by atomic mass is 9.98. The van der Waals surface area contributed by atoms with E-state index in [0.717, 1.165) is 87.9 Å². The minimum Gasteiger partial charge on any atom is -0.444 e. The molecule has 2 aromatic heterocycles. The molecule has 4 heterocycles. The molecule has 2 saturated heterocycles. The summed E-state index contributed by atoms with van der Waals surface area (Å²) >= 11 is 0. The number of nitrogens with zero attached hydrogens (tertiary/aromatic N) is 4. The van der Waals surface area contributed by atoms with E-state index >= 15 is 0 Å². The summed E-state index contributed by atoms with van der Waals surface area (Å²) in [5.41, 5.74) is 4.83. The molecule has 1 saturated carbocycles. The molecule has 1 aliphatic carbocycles. The molecule has 260 valence electrons. The van der Waals surface area contributed by atoms with Crippen LogP contribution in [-0.2, 0) is 9.47 Å². The summed E-state index contributed by atoms with van der Waals surface area (Å²) in [7, 11) is 0. The van der Waals surface area contributed by atoms with Gasteiger partial charge in [0.05, 0.1) is 28.8 Å². The SMILES string of the molecule is CC(C)(C)OC(=O)N1CCC[C@H]1c1nc(-c2ccc3cc(-c4ccc5[nH]c([C@@H]6[C@H]7CC[C@H](C7)N6C(=O)OC(C)(C)C)nc5c4)ccc3c2)c[nH]1. The van der Waals surface area contributed by atoms with Gasteiger partial charge in [-0.25, -0.2) is 19.6 Å². The molecule has 3 fully saturated rings. The van der Waals surface area contributed by atoms with Crippen molar-refractivity contribution < 1.29 is 19.1 Å². The molecular weight excluding hydrogens is 628 g/mol. The van der Waals surface area contributed by atoms with E-state index in [0.29, 0.717) is 12.5 Å². The van der Waals surface area contributed by atoms with Gasteiger partial charge in [0.2, 0.25) is 0 Å². The summed E-state index contributed by atoms with van der Waals surface area (Å²) < 4.78 is 11.5. The first-order chi connectivity index (χ1) is 23.8. The topological polar surface area (TPSA) is 116 Å². The van der Waals surface area contributed by atoms with Crippen LogP contribution in [0, 0.1) is 5.92 Å². The first-order valence-electron chi connectivity index (χ1n) is 17.9. The van der Waals surface area contributed by atoms with Gasteiger partial charge in [-0.2, -0.15) is 0 Å². The van der Waals surface area contributed by atoms with Crippen LogP contribution < -0.4 is 0 Å². The maximum atomic E-state index is 13.3. The van der Waals surface area contributed by atoms with Crippen molar-refractivity contribution in [3.8, 4) is 22.4 Å². The van der Waals surface area contributed by atoms with E-state index in [4.69, 9.17) is 19.4 Å². The minimum atomic E-state index is -0.543. The first kappa shape index (κ1) is 32.4. The predicted molar refractivity (Wildman–Crippen MR) is 193 cm³/mol. The number of benzene rings is 3. The second kappa shape index (κ2) is 11.9. The molecule has 10 nitrogen and oxygen atoms in total. The number of fused-ring (bicyclic) bond motifs is 4. The van der Waals surface area contributed by atoms with E-state index in [9.17, 15) is 9.59 Å². The van der Waals surface area contributed by atoms with Crippen LogP contribution in [0.15, 0.2) is 60.8 Å². The van der Waals surface area contributed by atoms with E-state index in [1.54, 1.807) is 4.90 Å². The Morgan fingerprint density at radius 2 is 1.46 bits per heavy atom. The van der Waals surface area contributed by atoms with Gasteiger partial charge >= 0.3 is 12.2 Å². The molecule has 8 rings (SSSR count). The fourth-order valence-electron chi connectivity index (χ4n) is 8.09. The summed E-state index contributed by atoms with van der Waals surface area (Å²) in [6.45, 7) is 12.1. The third kappa shape index (κ3) is 6.09. The number of piperidine rings is 1. The Bertz CT molecular complexity index is 2100. The van der Waals surface area contributed by atoms with Crippen LogP contribution in [0.5, 0.6) is 0 Å². The van der Waals surface area contributed by atoms with Gasteiger partial charge in [0.25, 0.3) is 0 Å². The molecule has 2 amide bonds. The minimum absolute atomic E-state index is 0.0954. The van der Waals surface area contributed by atoms with Crippen molar-refractivity contribution in [1.29, 1.82) is 0 Å². The van der Waals surface area contributed by atoms with Crippen molar-refractivity contribution in [2.24, 2.45) is 5.92 Å². The predicted octanol–water partition coefficient (Wildman–Crippen LogP) is 9.31. The highest BCUT2D eigenvalue weighted by atomic mass is 16.6. The Hall–Kier alpha value is -4.86. The molecule has 3 aliphatic rings. The van der Waals surface area contributed by atoms with Crippen molar-refractivity contribution in [3.05, 3.63) is 72.4 Å². The van der Waals surface area contributed by atoms with Gasteiger partial charge in [-0.3, -0.25) is 9.80 Å². The van der Waals surface area contributed by atoms with E-state index in [2.05, 4.69) is 64.6 Å². The lowest BCUT2D eigenvalue weighted by molar-refractivity contribution is 0.00616. The van der Waals surface area contributed by atoms with E-state index < -0.39 is 11.2 Å². The largest absolute Gasteiger partial charge is 0.444 e. The van der Waals surface area contributed by atoms with Crippen molar-refractivity contribution >= 4 is 34.0 Å². The number of aromatic nitrogens is 4. The summed E-state index contributed by atoms with van der Waals surface area (Å²) in [6.07, 6.45) is 6.27. The van der Waals surface area contributed by atoms with E-state index in [1.807, 2.05) is 52.6 Å². The number of hydrogen-bond acceptors (Lipinski definition) is 6. The van der Waals surface area contributed by atoms with Gasteiger partial charge in [-0.1, -0.05) is 30.3 Å². The second-order valence-corrected chi connectivity index (χ2v) is 16.2. The average Bonchev–Trinajstić information content (AvgIpc) is 3.89. The van der Waals surface area contributed by atoms with Gasteiger partial charge in [-0.05, 0) is 126 Å². The van der Waals surface area contributed by atoms with Crippen LogP contribution in [0.1, 0.15) is 97.4 Å². The van der Waals surface area contributed by atoms with Crippen LogP contribution in [0.3, 0.4) is 0 Å². The highest BCUT2D eigenvalue weighted by molar-refractivity contribution is 5.92. The summed E-state index contributed by atoms with van der Waals surface area (Å²) in [4.78, 5) is 46.7.